The maximum Gasteiger partial charge on any atom is 0.475 e. The fourth-order valence-corrected chi connectivity index (χ4v) is 4.74. The zero-order valence-corrected chi connectivity index (χ0v) is 13.0. The summed E-state index contributed by atoms with van der Waals surface area (Å²) in [6.07, 6.45) is 3.67. The normalized spacial score (nSPS) is 45.0. The molecule has 1 heterocycles. The minimum atomic E-state index is -0.201. The van der Waals surface area contributed by atoms with E-state index in [1.165, 1.54) is 6.42 Å². The monoisotopic (exact) mass is 265 g/mol. The average Bonchev–Trinajstić information content (AvgIpc) is 2.64. The Bertz CT molecular complexity index is 373. The summed E-state index contributed by atoms with van der Waals surface area (Å²) in [5.74, 6) is 2.02. The lowest BCUT2D eigenvalue weighted by Gasteiger charge is -2.64. The fourth-order valence-electron chi connectivity index (χ4n) is 4.74. The van der Waals surface area contributed by atoms with E-state index in [1.54, 1.807) is 0 Å². The Labute approximate surface area is 117 Å². The average molecular weight is 265 g/mol. The SMILES string of the molecule is CC(C)C[C@H](N)B1OC2CC3C[C@@H](C3(C)C)[C@]2(C)O1. The number of nitrogens with two attached hydrogens (primary N) is 1. The molecule has 1 saturated heterocycles. The number of hydrogen-bond donors (Lipinski definition) is 1. The highest BCUT2D eigenvalue weighted by molar-refractivity contribution is 6.47. The lowest BCUT2D eigenvalue weighted by Crippen LogP contribution is -2.65. The van der Waals surface area contributed by atoms with Crippen LogP contribution in [0.25, 0.3) is 0 Å². The van der Waals surface area contributed by atoms with Gasteiger partial charge in [0, 0.05) is 5.94 Å². The molecule has 0 radical (unpaired) electrons. The van der Waals surface area contributed by atoms with Crippen molar-refractivity contribution < 1.29 is 9.31 Å². The first-order chi connectivity index (χ1) is 8.75. The van der Waals surface area contributed by atoms with Crippen LogP contribution in [0.1, 0.15) is 53.9 Å². The van der Waals surface area contributed by atoms with Gasteiger partial charge >= 0.3 is 7.12 Å². The molecule has 5 atom stereocenters. The summed E-state index contributed by atoms with van der Waals surface area (Å²) < 4.78 is 12.5. The lowest BCUT2D eigenvalue weighted by atomic mass is 9.43. The summed E-state index contributed by atoms with van der Waals surface area (Å²) in [6.45, 7) is 11.4. The Morgan fingerprint density at radius 3 is 2.53 bits per heavy atom. The quantitative estimate of drug-likeness (QED) is 0.798. The van der Waals surface area contributed by atoms with Gasteiger partial charge in [-0.25, -0.2) is 0 Å². The van der Waals surface area contributed by atoms with E-state index >= 15 is 0 Å². The van der Waals surface area contributed by atoms with Gasteiger partial charge < -0.3 is 15.0 Å². The van der Waals surface area contributed by atoms with Crippen molar-refractivity contribution in [1.82, 2.24) is 0 Å². The first kappa shape index (κ1) is 13.9. The van der Waals surface area contributed by atoms with Crippen LogP contribution in [0.4, 0.5) is 0 Å². The van der Waals surface area contributed by atoms with Crippen molar-refractivity contribution in [3.05, 3.63) is 0 Å². The molecule has 0 spiro atoms. The van der Waals surface area contributed by atoms with E-state index in [1.807, 2.05) is 0 Å². The van der Waals surface area contributed by atoms with Crippen molar-refractivity contribution in [2.24, 2.45) is 28.9 Å². The lowest BCUT2D eigenvalue weighted by molar-refractivity contribution is -0.199. The second kappa shape index (κ2) is 4.22. The molecular weight excluding hydrogens is 237 g/mol. The van der Waals surface area contributed by atoms with Crippen LogP contribution in [-0.4, -0.2) is 24.8 Å². The first-order valence-electron chi connectivity index (χ1n) is 7.84. The van der Waals surface area contributed by atoms with E-state index in [2.05, 4.69) is 34.6 Å². The molecule has 0 aromatic carbocycles. The van der Waals surface area contributed by atoms with Gasteiger partial charge in [0.25, 0.3) is 0 Å². The number of hydrogen-bond acceptors (Lipinski definition) is 3. The highest BCUT2D eigenvalue weighted by atomic mass is 16.7. The maximum absolute atomic E-state index is 6.35. The van der Waals surface area contributed by atoms with Gasteiger partial charge in [-0.1, -0.05) is 27.7 Å². The molecule has 4 aliphatic rings. The first-order valence-corrected chi connectivity index (χ1v) is 7.84. The van der Waals surface area contributed by atoms with Gasteiger partial charge in [0.1, 0.15) is 0 Å². The molecule has 2 unspecified atom stereocenters. The number of rotatable bonds is 3. The Morgan fingerprint density at radius 2 is 1.95 bits per heavy atom. The second-order valence-corrected chi connectivity index (χ2v) is 8.13. The van der Waals surface area contributed by atoms with Crippen molar-refractivity contribution in [1.29, 1.82) is 0 Å². The third kappa shape index (κ3) is 1.90. The van der Waals surface area contributed by atoms with E-state index < -0.39 is 0 Å². The molecule has 3 saturated carbocycles. The highest BCUT2D eigenvalue weighted by Gasteiger charge is 2.68. The molecule has 3 nitrogen and oxygen atoms in total. The van der Waals surface area contributed by atoms with Crippen LogP contribution in [0.3, 0.4) is 0 Å². The topological polar surface area (TPSA) is 44.5 Å². The van der Waals surface area contributed by atoms with Crippen molar-refractivity contribution in [2.75, 3.05) is 0 Å². The maximum atomic E-state index is 6.35. The molecule has 2 N–H and O–H groups in total. The molecule has 0 aromatic heterocycles. The van der Waals surface area contributed by atoms with Crippen LogP contribution in [0.2, 0.25) is 0 Å². The van der Waals surface area contributed by atoms with Gasteiger partial charge in [0.2, 0.25) is 0 Å². The zero-order chi connectivity index (χ0) is 14.0. The minimum absolute atomic E-state index is 0.00253. The molecule has 2 bridgehead atoms. The molecule has 4 heteroatoms. The minimum Gasteiger partial charge on any atom is -0.404 e. The van der Waals surface area contributed by atoms with Gasteiger partial charge in [0.15, 0.2) is 0 Å². The Balaban J connectivity index is 1.74. The molecule has 3 aliphatic carbocycles. The predicted octanol–water partition coefficient (Wildman–Crippen LogP) is 2.63. The second-order valence-electron chi connectivity index (χ2n) is 8.13. The summed E-state index contributed by atoms with van der Waals surface area (Å²) in [7, 11) is -0.201. The Morgan fingerprint density at radius 1 is 1.26 bits per heavy atom. The third-order valence-corrected chi connectivity index (χ3v) is 6.06. The van der Waals surface area contributed by atoms with Crippen LogP contribution in [-0.2, 0) is 9.31 Å². The molecule has 1 aliphatic heterocycles. The summed E-state index contributed by atoms with van der Waals surface area (Å²) in [6, 6.07) is 0. The van der Waals surface area contributed by atoms with Crippen LogP contribution in [0, 0.1) is 23.2 Å². The van der Waals surface area contributed by atoms with Gasteiger partial charge in [0.05, 0.1) is 11.7 Å². The Kier molecular flexibility index (Phi) is 3.09. The van der Waals surface area contributed by atoms with Gasteiger partial charge in [-0.3, -0.25) is 0 Å². The largest absolute Gasteiger partial charge is 0.475 e. The summed E-state index contributed by atoms with van der Waals surface area (Å²) in [5.41, 5.74) is 6.56. The standard InChI is InChI=1S/C15H28BNO2/c1-9(2)6-13(17)16-18-12-8-10-7-11(14(10,3)4)15(12,5)19-16/h9-13H,6-8,17H2,1-5H3/t10?,11-,12?,13-,15-/m0/s1. The van der Waals surface area contributed by atoms with Gasteiger partial charge in [-0.2, -0.15) is 0 Å². The van der Waals surface area contributed by atoms with Crippen LogP contribution in [0.5, 0.6) is 0 Å². The molecular formula is C15H28BNO2. The van der Waals surface area contributed by atoms with Crippen LogP contribution in [0.15, 0.2) is 0 Å². The molecule has 0 aromatic rings. The van der Waals surface area contributed by atoms with Gasteiger partial charge in [-0.15, -0.1) is 0 Å². The van der Waals surface area contributed by atoms with E-state index in [9.17, 15) is 0 Å². The fraction of sp³-hybridized carbons (Fsp3) is 1.00. The predicted molar refractivity (Wildman–Crippen MR) is 77.5 cm³/mol. The van der Waals surface area contributed by atoms with Crippen molar-refractivity contribution in [2.45, 2.75) is 71.5 Å². The van der Waals surface area contributed by atoms with Crippen molar-refractivity contribution in [3.8, 4) is 0 Å². The molecule has 19 heavy (non-hydrogen) atoms. The summed E-state index contributed by atoms with van der Waals surface area (Å²) in [4.78, 5) is 0. The molecule has 4 fully saturated rings. The summed E-state index contributed by atoms with van der Waals surface area (Å²) in [5, 5.41) is 0. The van der Waals surface area contributed by atoms with E-state index in [0.717, 1.165) is 18.8 Å². The molecule has 108 valence electrons. The van der Waals surface area contributed by atoms with E-state index in [0.29, 0.717) is 17.3 Å². The molecule has 4 rings (SSSR count). The van der Waals surface area contributed by atoms with Crippen LogP contribution >= 0.6 is 0 Å². The van der Waals surface area contributed by atoms with E-state index in [4.69, 9.17) is 15.0 Å². The van der Waals surface area contributed by atoms with Crippen molar-refractivity contribution >= 4 is 7.12 Å². The van der Waals surface area contributed by atoms with E-state index in [-0.39, 0.29) is 24.8 Å². The Hall–Kier alpha value is -0.0551. The highest BCUT2D eigenvalue weighted by Crippen LogP contribution is 2.65. The van der Waals surface area contributed by atoms with Crippen molar-refractivity contribution in [3.63, 3.8) is 0 Å². The summed E-state index contributed by atoms with van der Waals surface area (Å²) >= 11 is 0. The van der Waals surface area contributed by atoms with Gasteiger partial charge in [-0.05, 0) is 49.4 Å². The van der Waals surface area contributed by atoms with Crippen LogP contribution < -0.4 is 5.73 Å². The smallest absolute Gasteiger partial charge is 0.404 e. The molecule has 0 amide bonds. The third-order valence-electron chi connectivity index (χ3n) is 6.06. The zero-order valence-electron chi connectivity index (χ0n) is 13.0.